The average molecular weight is 507 g/mol. The van der Waals surface area contributed by atoms with E-state index < -0.39 is 0 Å². The molecule has 2 fully saturated rings. The van der Waals surface area contributed by atoms with Crippen LogP contribution in [0.15, 0.2) is 36.4 Å². The molecule has 0 N–H and O–H groups in total. The van der Waals surface area contributed by atoms with Crippen molar-refractivity contribution in [3.05, 3.63) is 58.7 Å². The first-order chi connectivity index (χ1) is 17.9. The number of benzene rings is 2. The molecule has 1 saturated carbocycles. The Morgan fingerprint density at radius 3 is 2.41 bits per heavy atom. The highest BCUT2D eigenvalue weighted by Gasteiger charge is 2.36. The molecule has 4 rings (SSSR count). The molecule has 0 atom stereocenters. The number of aldehydes is 2. The molecule has 198 valence electrons. The monoisotopic (exact) mass is 506 g/mol. The van der Waals surface area contributed by atoms with Gasteiger partial charge in [-0.2, -0.15) is 0 Å². The SMILES string of the molecule is CCOc1cc(C(=O)OC)c(C2CC2)cc1CN1CCC(CC=O)(CN(C)c2ccc(C=O)cc2)CC1. The molecular formula is C30H38N2O5. The maximum atomic E-state index is 12.4. The molecular weight excluding hydrogens is 468 g/mol. The van der Waals surface area contributed by atoms with Crippen LogP contribution in [-0.4, -0.2) is 63.8 Å². The van der Waals surface area contributed by atoms with E-state index in [1.807, 2.05) is 44.3 Å². The number of carbonyl (C=O) groups excluding carboxylic acids is 3. The van der Waals surface area contributed by atoms with Crippen molar-refractivity contribution in [2.24, 2.45) is 5.41 Å². The van der Waals surface area contributed by atoms with Crippen molar-refractivity contribution >= 4 is 24.2 Å². The van der Waals surface area contributed by atoms with Crippen LogP contribution in [0.1, 0.15) is 76.8 Å². The Morgan fingerprint density at radius 1 is 1.14 bits per heavy atom. The molecule has 1 heterocycles. The van der Waals surface area contributed by atoms with Gasteiger partial charge in [0.1, 0.15) is 18.3 Å². The van der Waals surface area contributed by atoms with Crippen LogP contribution in [0.5, 0.6) is 5.75 Å². The highest BCUT2D eigenvalue weighted by molar-refractivity contribution is 5.92. The maximum Gasteiger partial charge on any atom is 0.338 e. The van der Waals surface area contributed by atoms with E-state index >= 15 is 0 Å². The lowest BCUT2D eigenvalue weighted by atomic mass is 9.75. The standard InChI is InChI=1S/C30H38N2O5/c1-4-37-28-18-27(29(35)36-3)26(23-7-8-23)17-24(28)19-32-14-11-30(12-15-32,13-16-33)21-31(2)25-9-5-22(20-34)6-10-25/h5-6,9-10,16-18,20,23H,4,7-8,11-15,19,21H2,1-3H3. The molecule has 0 aromatic heterocycles. The minimum absolute atomic E-state index is 0.0903. The van der Waals surface area contributed by atoms with E-state index in [1.54, 1.807) is 0 Å². The zero-order valence-corrected chi connectivity index (χ0v) is 22.2. The minimum atomic E-state index is -0.309. The quantitative estimate of drug-likeness (QED) is 0.300. The molecule has 1 aliphatic heterocycles. The Balaban J connectivity index is 1.47. The number of ether oxygens (including phenoxy) is 2. The second kappa shape index (κ2) is 11.9. The largest absolute Gasteiger partial charge is 0.494 e. The lowest BCUT2D eigenvalue weighted by molar-refractivity contribution is -0.110. The molecule has 2 aromatic carbocycles. The number of likely N-dealkylation sites (tertiary alicyclic amines) is 1. The van der Waals surface area contributed by atoms with Gasteiger partial charge < -0.3 is 19.2 Å². The Labute approximate surface area is 219 Å². The van der Waals surface area contributed by atoms with Gasteiger partial charge in [0.15, 0.2) is 0 Å². The summed E-state index contributed by atoms with van der Waals surface area (Å²) < 4.78 is 11.0. The normalized spacial score (nSPS) is 17.2. The Kier molecular flexibility index (Phi) is 8.64. The van der Waals surface area contributed by atoms with Gasteiger partial charge in [-0.05, 0) is 99.0 Å². The fraction of sp³-hybridized carbons (Fsp3) is 0.500. The second-order valence-corrected chi connectivity index (χ2v) is 10.5. The van der Waals surface area contributed by atoms with E-state index in [2.05, 4.69) is 15.9 Å². The molecule has 0 spiro atoms. The average Bonchev–Trinajstić information content (AvgIpc) is 3.76. The molecule has 37 heavy (non-hydrogen) atoms. The Hall–Kier alpha value is -3.19. The molecule has 0 radical (unpaired) electrons. The Bertz CT molecular complexity index is 1100. The first kappa shape index (κ1) is 26.9. The first-order valence-corrected chi connectivity index (χ1v) is 13.2. The van der Waals surface area contributed by atoms with Crippen molar-refractivity contribution in [1.29, 1.82) is 0 Å². The van der Waals surface area contributed by atoms with Crippen molar-refractivity contribution in [1.82, 2.24) is 4.90 Å². The molecule has 1 saturated heterocycles. The molecule has 1 aliphatic carbocycles. The molecule has 2 aliphatic rings. The van der Waals surface area contributed by atoms with Crippen molar-refractivity contribution in [2.75, 3.05) is 45.3 Å². The Morgan fingerprint density at radius 2 is 1.84 bits per heavy atom. The predicted molar refractivity (Wildman–Crippen MR) is 144 cm³/mol. The summed E-state index contributed by atoms with van der Waals surface area (Å²) in [5, 5.41) is 0. The summed E-state index contributed by atoms with van der Waals surface area (Å²) in [4.78, 5) is 39.7. The number of anilines is 1. The lowest BCUT2D eigenvalue weighted by Crippen LogP contribution is -2.45. The van der Waals surface area contributed by atoms with E-state index in [0.29, 0.717) is 30.1 Å². The van der Waals surface area contributed by atoms with E-state index in [4.69, 9.17) is 9.47 Å². The zero-order valence-electron chi connectivity index (χ0n) is 22.2. The van der Waals surface area contributed by atoms with Crippen LogP contribution < -0.4 is 9.64 Å². The van der Waals surface area contributed by atoms with Crippen LogP contribution in [0, 0.1) is 5.41 Å². The summed E-state index contributed by atoms with van der Waals surface area (Å²) in [6.07, 6.45) is 6.47. The summed E-state index contributed by atoms with van der Waals surface area (Å²) in [6, 6.07) is 11.6. The fourth-order valence-electron chi connectivity index (χ4n) is 5.51. The van der Waals surface area contributed by atoms with E-state index in [9.17, 15) is 14.4 Å². The van der Waals surface area contributed by atoms with Gasteiger partial charge in [0.05, 0.1) is 19.3 Å². The lowest BCUT2D eigenvalue weighted by Gasteiger charge is -2.43. The van der Waals surface area contributed by atoms with E-state index in [1.165, 1.54) is 7.11 Å². The van der Waals surface area contributed by atoms with Crippen LogP contribution in [0.3, 0.4) is 0 Å². The highest BCUT2D eigenvalue weighted by atomic mass is 16.5. The van der Waals surface area contributed by atoms with Crippen molar-refractivity contribution < 1.29 is 23.9 Å². The van der Waals surface area contributed by atoms with Crippen molar-refractivity contribution in [2.45, 2.75) is 51.5 Å². The van der Waals surface area contributed by atoms with E-state index in [0.717, 1.165) is 87.0 Å². The molecule has 7 nitrogen and oxygen atoms in total. The summed E-state index contributed by atoms with van der Waals surface area (Å²) >= 11 is 0. The summed E-state index contributed by atoms with van der Waals surface area (Å²) in [5.41, 5.74) is 4.39. The number of rotatable bonds is 12. The third-order valence-corrected chi connectivity index (χ3v) is 7.82. The zero-order chi connectivity index (χ0) is 26.4. The van der Waals surface area contributed by atoms with Gasteiger partial charge in [-0.1, -0.05) is 0 Å². The van der Waals surface area contributed by atoms with E-state index in [-0.39, 0.29) is 11.4 Å². The van der Waals surface area contributed by atoms with Crippen LogP contribution in [0.2, 0.25) is 0 Å². The predicted octanol–water partition coefficient (Wildman–Crippen LogP) is 4.87. The van der Waals surface area contributed by atoms with Crippen LogP contribution in [0.4, 0.5) is 5.69 Å². The van der Waals surface area contributed by atoms with Crippen molar-refractivity contribution in [3.8, 4) is 5.75 Å². The van der Waals surface area contributed by atoms with Gasteiger partial charge in [0.2, 0.25) is 0 Å². The molecule has 7 heteroatoms. The highest BCUT2D eigenvalue weighted by Crippen LogP contribution is 2.44. The number of hydrogen-bond acceptors (Lipinski definition) is 7. The van der Waals surface area contributed by atoms with Gasteiger partial charge in [0.25, 0.3) is 0 Å². The number of piperidine rings is 1. The third kappa shape index (κ3) is 6.39. The van der Waals surface area contributed by atoms with Gasteiger partial charge in [0, 0.05) is 43.4 Å². The molecule has 0 unspecified atom stereocenters. The molecule has 2 aromatic rings. The smallest absolute Gasteiger partial charge is 0.338 e. The summed E-state index contributed by atoms with van der Waals surface area (Å²) in [7, 11) is 3.47. The minimum Gasteiger partial charge on any atom is -0.494 e. The van der Waals surface area contributed by atoms with Crippen LogP contribution in [-0.2, 0) is 16.1 Å². The number of carbonyl (C=O) groups is 3. The molecule has 0 amide bonds. The number of esters is 1. The van der Waals surface area contributed by atoms with Gasteiger partial charge in [-0.15, -0.1) is 0 Å². The maximum absolute atomic E-state index is 12.4. The number of nitrogens with zero attached hydrogens (tertiary/aromatic N) is 2. The van der Waals surface area contributed by atoms with Crippen molar-refractivity contribution in [3.63, 3.8) is 0 Å². The van der Waals surface area contributed by atoms with Gasteiger partial charge in [-0.25, -0.2) is 4.79 Å². The topological polar surface area (TPSA) is 76.2 Å². The van der Waals surface area contributed by atoms with Crippen LogP contribution >= 0.6 is 0 Å². The number of hydrogen-bond donors (Lipinski definition) is 0. The third-order valence-electron chi connectivity index (χ3n) is 7.82. The van der Waals surface area contributed by atoms with Gasteiger partial charge in [-0.3, -0.25) is 9.69 Å². The fourth-order valence-corrected chi connectivity index (χ4v) is 5.51. The number of methoxy groups -OCH3 is 1. The second-order valence-electron chi connectivity index (χ2n) is 10.5. The first-order valence-electron chi connectivity index (χ1n) is 13.2. The van der Waals surface area contributed by atoms with Gasteiger partial charge >= 0.3 is 5.97 Å². The molecule has 0 bridgehead atoms. The van der Waals surface area contributed by atoms with Crippen LogP contribution in [0.25, 0.3) is 0 Å². The summed E-state index contributed by atoms with van der Waals surface area (Å²) in [6.45, 7) is 5.78. The summed E-state index contributed by atoms with van der Waals surface area (Å²) in [5.74, 6) is 0.854.